The first-order chi connectivity index (χ1) is 16.3. The van der Waals surface area contributed by atoms with Crippen LogP contribution in [-0.4, -0.2) is 11.2 Å². The first-order valence-corrected chi connectivity index (χ1v) is 13.1. The van der Waals surface area contributed by atoms with E-state index in [0.717, 1.165) is 13.0 Å². The molecular formula is C27H28ClNO4S. The van der Waals surface area contributed by atoms with E-state index in [1.807, 2.05) is 11.8 Å². The molecule has 7 heteroatoms. The van der Waals surface area contributed by atoms with Crippen molar-refractivity contribution in [3.05, 3.63) is 120 Å². The molecule has 34 heavy (non-hydrogen) atoms. The predicted molar refractivity (Wildman–Crippen MR) is 130 cm³/mol. The Morgan fingerprint density at radius 1 is 0.765 bits per heavy atom. The highest BCUT2D eigenvalue weighted by Gasteiger charge is 2.32. The summed E-state index contributed by atoms with van der Waals surface area (Å²) >= 11 is 1.86. The van der Waals surface area contributed by atoms with E-state index in [2.05, 4.69) is 115 Å². The molecule has 0 aliphatic carbocycles. The molecule has 0 unspecified atom stereocenters. The highest BCUT2D eigenvalue weighted by atomic mass is 35.7. The lowest BCUT2D eigenvalue weighted by Gasteiger charge is -2.35. The van der Waals surface area contributed by atoms with Gasteiger partial charge in [0.1, 0.15) is 0 Å². The monoisotopic (exact) mass is 497 g/mol. The maximum atomic E-state index is 8.60. The van der Waals surface area contributed by atoms with Gasteiger partial charge in [-0.05, 0) is 41.8 Å². The summed E-state index contributed by atoms with van der Waals surface area (Å²) < 4.78 is 32.7. The third-order valence-electron chi connectivity index (χ3n) is 5.25. The molecule has 0 saturated carbocycles. The number of hydrogen-bond acceptors (Lipinski definition) is 6. The second-order valence-electron chi connectivity index (χ2n) is 7.76. The number of halogens is 1. The minimum atomic E-state index is -4.69. The summed E-state index contributed by atoms with van der Waals surface area (Å²) in [6.45, 7) is 3.22. The van der Waals surface area contributed by atoms with Gasteiger partial charge in [0.15, 0.2) is 0 Å². The Labute approximate surface area is 207 Å². The van der Waals surface area contributed by atoms with E-state index in [-0.39, 0.29) is 5.54 Å². The Balaban J connectivity index is 0.000000588. The fourth-order valence-corrected chi connectivity index (χ4v) is 4.91. The zero-order valence-corrected chi connectivity index (χ0v) is 20.5. The SMILES string of the molecule is CCCCNC1(c2ccccc2)C=C(c2ccccc2)SC(c2ccccc2)=C1.[O-][Cl+3]([O-])([O-])O. The molecule has 1 aliphatic heterocycles. The van der Waals surface area contributed by atoms with Crippen molar-refractivity contribution in [2.24, 2.45) is 0 Å². The van der Waals surface area contributed by atoms with Crippen LogP contribution in [-0.2, 0) is 5.54 Å². The van der Waals surface area contributed by atoms with Crippen molar-refractivity contribution in [2.45, 2.75) is 25.3 Å². The summed E-state index contributed by atoms with van der Waals surface area (Å²) in [5.74, 6) is 0. The molecule has 5 nitrogen and oxygen atoms in total. The lowest BCUT2D eigenvalue weighted by molar-refractivity contribution is -1.92. The van der Waals surface area contributed by atoms with Crippen molar-refractivity contribution in [3.63, 3.8) is 0 Å². The molecule has 0 amide bonds. The Kier molecular flexibility index (Phi) is 9.50. The van der Waals surface area contributed by atoms with E-state index in [1.54, 1.807) is 0 Å². The summed E-state index contributed by atoms with van der Waals surface area (Å²) in [5.41, 5.74) is 3.48. The van der Waals surface area contributed by atoms with Crippen LogP contribution in [0.2, 0.25) is 0 Å². The molecule has 3 aromatic carbocycles. The van der Waals surface area contributed by atoms with Crippen LogP contribution >= 0.6 is 11.8 Å². The Morgan fingerprint density at radius 3 is 1.59 bits per heavy atom. The van der Waals surface area contributed by atoms with Crippen molar-refractivity contribution in [1.29, 1.82) is 0 Å². The summed E-state index contributed by atoms with van der Waals surface area (Å²) in [4.78, 5) is 2.58. The fraction of sp³-hybridized carbons (Fsp3) is 0.185. The molecular weight excluding hydrogens is 470 g/mol. The van der Waals surface area contributed by atoms with Crippen LogP contribution in [0.4, 0.5) is 0 Å². The molecule has 4 rings (SSSR count). The number of thioether (sulfide) groups is 1. The van der Waals surface area contributed by atoms with Crippen molar-refractivity contribution in [1.82, 2.24) is 5.32 Å². The first-order valence-electron chi connectivity index (χ1n) is 11.0. The lowest BCUT2D eigenvalue weighted by atomic mass is 9.86. The Hall–Kier alpha value is -2.42. The average molecular weight is 498 g/mol. The molecule has 0 aromatic heterocycles. The number of rotatable bonds is 7. The third-order valence-corrected chi connectivity index (χ3v) is 6.40. The second-order valence-corrected chi connectivity index (χ2v) is 9.64. The van der Waals surface area contributed by atoms with Gasteiger partial charge in [0, 0.05) is 9.81 Å². The smallest absolute Gasteiger partial charge is 0.0835 e. The molecule has 0 bridgehead atoms. The molecule has 3 aromatic rings. The topological polar surface area (TPSA) is 101 Å². The van der Waals surface area contributed by atoms with Crippen LogP contribution in [0.1, 0.15) is 36.5 Å². The van der Waals surface area contributed by atoms with E-state index in [1.165, 1.54) is 32.9 Å². The first kappa shape index (κ1) is 26.2. The van der Waals surface area contributed by atoms with Gasteiger partial charge in [0.05, 0.1) is 20.4 Å². The average Bonchev–Trinajstić information content (AvgIpc) is 2.85. The zero-order chi connectivity index (χ0) is 24.4. The zero-order valence-electron chi connectivity index (χ0n) is 18.9. The van der Waals surface area contributed by atoms with Gasteiger partial charge in [0.25, 0.3) is 0 Å². The van der Waals surface area contributed by atoms with Crippen molar-refractivity contribution >= 4 is 21.6 Å². The van der Waals surface area contributed by atoms with Crippen molar-refractivity contribution in [3.8, 4) is 0 Å². The second kappa shape index (κ2) is 12.3. The molecule has 2 N–H and O–H groups in total. The minimum absolute atomic E-state index is 0.321. The van der Waals surface area contributed by atoms with Crippen LogP contribution in [0, 0.1) is 10.2 Å². The van der Waals surface area contributed by atoms with Crippen molar-refractivity contribution < 1.29 is 28.9 Å². The van der Waals surface area contributed by atoms with E-state index >= 15 is 0 Å². The molecule has 0 spiro atoms. The van der Waals surface area contributed by atoms with Crippen LogP contribution in [0.3, 0.4) is 0 Å². The van der Waals surface area contributed by atoms with Gasteiger partial charge in [-0.15, -0.1) is 0 Å². The summed E-state index contributed by atoms with van der Waals surface area (Å²) in [7, 11) is -4.69. The van der Waals surface area contributed by atoms with Gasteiger partial charge in [-0.25, -0.2) is 0 Å². The van der Waals surface area contributed by atoms with Gasteiger partial charge >= 0.3 is 0 Å². The third kappa shape index (κ3) is 7.82. The highest BCUT2D eigenvalue weighted by Crippen LogP contribution is 2.47. The van der Waals surface area contributed by atoms with E-state index in [9.17, 15) is 0 Å². The maximum absolute atomic E-state index is 8.60. The van der Waals surface area contributed by atoms with Crippen LogP contribution in [0.25, 0.3) is 9.81 Å². The normalized spacial score (nSPS) is 15.0. The molecule has 1 heterocycles. The minimum Gasteiger partial charge on any atom is -0.301 e. The number of unbranched alkanes of at least 4 members (excludes halogenated alkanes) is 1. The standard InChI is InChI=1S/C27H27NS.ClHO4/c1-2-3-19-28-27(24-17-11-6-12-18-24)20-25(22-13-7-4-8-14-22)29-26(21-27)23-15-9-5-10-16-23;2-1(3,4)5/h4-18,20-21,28H,2-3,19H2,1H3;(H,2,3,4,5). The van der Waals surface area contributed by atoms with Gasteiger partial charge in [0.2, 0.25) is 0 Å². The molecule has 0 radical (unpaired) electrons. The van der Waals surface area contributed by atoms with Gasteiger partial charge in [-0.2, -0.15) is 14.0 Å². The summed E-state index contributed by atoms with van der Waals surface area (Å²) in [6.07, 6.45) is 7.15. The number of benzene rings is 3. The molecule has 0 saturated heterocycles. The largest absolute Gasteiger partial charge is 0.301 e. The van der Waals surface area contributed by atoms with E-state index in [4.69, 9.17) is 18.6 Å². The van der Waals surface area contributed by atoms with E-state index < -0.39 is 10.2 Å². The van der Waals surface area contributed by atoms with Crippen LogP contribution in [0.5, 0.6) is 0 Å². The van der Waals surface area contributed by atoms with Crippen LogP contribution < -0.4 is 19.3 Å². The lowest BCUT2D eigenvalue weighted by Crippen LogP contribution is -2.58. The van der Waals surface area contributed by atoms with E-state index in [0.29, 0.717) is 0 Å². The van der Waals surface area contributed by atoms with Gasteiger partial charge in [-0.3, -0.25) is 0 Å². The van der Waals surface area contributed by atoms with Gasteiger partial charge < -0.3 is 5.32 Å². The Morgan fingerprint density at radius 2 is 1.18 bits per heavy atom. The molecule has 178 valence electrons. The predicted octanol–water partition coefficient (Wildman–Crippen LogP) is 2.98. The highest BCUT2D eigenvalue weighted by molar-refractivity contribution is 8.16. The molecule has 0 fully saturated rings. The summed E-state index contributed by atoms with van der Waals surface area (Å²) in [5, 5.41) is 3.89. The number of nitrogens with one attached hydrogen (secondary N) is 1. The quantitative estimate of drug-likeness (QED) is 0.487. The summed E-state index contributed by atoms with van der Waals surface area (Å²) in [6, 6.07) is 32.2. The fourth-order valence-electron chi connectivity index (χ4n) is 3.68. The number of hydrogen-bond donors (Lipinski definition) is 2. The molecule has 1 aliphatic rings. The maximum Gasteiger partial charge on any atom is 0.0835 e. The Bertz CT molecular complexity index is 1020. The molecule has 0 atom stereocenters. The van der Waals surface area contributed by atoms with Gasteiger partial charge in [-0.1, -0.05) is 116 Å². The van der Waals surface area contributed by atoms with Crippen LogP contribution in [0.15, 0.2) is 103 Å². The van der Waals surface area contributed by atoms with Crippen molar-refractivity contribution in [2.75, 3.05) is 6.54 Å².